The van der Waals surface area contributed by atoms with E-state index in [-0.39, 0.29) is 0 Å². The Labute approximate surface area is 134 Å². The van der Waals surface area contributed by atoms with E-state index in [0.717, 1.165) is 18.8 Å². The summed E-state index contributed by atoms with van der Waals surface area (Å²) in [5.74, 6) is 1.00. The molecule has 22 heavy (non-hydrogen) atoms. The summed E-state index contributed by atoms with van der Waals surface area (Å²) in [6, 6.07) is 9.00. The Bertz CT molecular complexity index is 462. The lowest BCUT2D eigenvalue weighted by Crippen LogP contribution is -2.60. The molecule has 2 aliphatic rings. The summed E-state index contributed by atoms with van der Waals surface area (Å²) in [5.41, 5.74) is 1.28. The summed E-state index contributed by atoms with van der Waals surface area (Å²) in [4.78, 5) is 7.55. The number of nitrogens with zero attached hydrogens (tertiary/aromatic N) is 3. The zero-order valence-electron chi connectivity index (χ0n) is 14.2. The van der Waals surface area contributed by atoms with Gasteiger partial charge in [-0.1, -0.05) is 17.7 Å². The van der Waals surface area contributed by atoms with Crippen LogP contribution in [0.4, 0.5) is 0 Å². The Hall–Kier alpha value is -1.10. The summed E-state index contributed by atoms with van der Waals surface area (Å²) in [6.45, 7) is 12.6. The summed E-state index contributed by atoms with van der Waals surface area (Å²) < 4.78 is 6.03. The highest BCUT2D eigenvalue weighted by molar-refractivity contribution is 5.26. The Morgan fingerprint density at radius 1 is 1.09 bits per heavy atom. The zero-order chi connectivity index (χ0) is 15.5. The van der Waals surface area contributed by atoms with Gasteiger partial charge in [0.2, 0.25) is 0 Å². The molecule has 122 valence electrons. The van der Waals surface area contributed by atoms with Crippen molar-refractivity contribution in [2.75, 3.05) is 52.9 Å². The minimum Gasteiger partial charge on any atom is -0.488 e. The number of rotatable bonds is 5. The zero-order valence-corrected chi connectivity index (χ0v) is 14.2. The largest absolute Gasteiger partial charge is 0.488 e. The number of hydrogen-bond donors (Lipinski definition) is 0. The van der Waals surface area contributed by atoms with Crippen molar-refractivity contribution in [3.8, 4) is 5.75 Å². The van der Waals surface area contributed by atoms with Gasteiger partial charge in [-0.25, -0.2) is 0 Å². The molecule has 0 aromatic heterocycles. The van der Waals surface area contributed by atoms with Crippen molar-refractivity contribution in [1.82, 2.24) is 14.7 Å². The first kappa shape index (κ1) is 15.8. The van der Waals surface area contributed by atoms with Crippen LogP contribution in [0.2, 0.25) is 0 Å². The van der Waals surface area contributed by atoms with E-state index in [9.17, 15) is 0 Å². The second kappa shape index (κ2) is 6.99. The minimum atomic E-state index is 0.359. The van der Waals surface area contributed by atoms with Gasteiger partial charge in [-0.05, 0) is 33.0 Å². The molecule has 0 unspecified atom stereocenters. The van der Waals surface area contributed by atoms with E-state index in [4.69, 9.17) is 4.74 Å². The van der Waals surface area contributed by atoms with Crippen LogP contribution in [0.5, 0.6) is 5.75 Å². The second-order valence-corrected chi connectivity index (χ2v) is 6.96. The smallest absolute Gasteiger partial charge is 0.124 e. The van der Waals surface area contributed by atoms with Gasteiger partial charge in [0.15, 0.2) is 0 Å². The van der Waals surface area contributed by atoms with Crippen LogP contribution in [0.1, 0.15) is 12.5 Å². The number of aryl methyl sites for hydroxylation is 1. The van der Waals surface area contributed by atoms with Crippen molar-refractivity contribution in [2.24, 2.45) is 0 Å². The van der Waals surface area contributed by atoms with E-state index in [0.29, 0.717) is 12.1 Å². The van der Waals surface area contributed by atoms with Crippen LogP contribution in [0.3, 0.4) is 0 Å². The molecule has 0 bridgehead atoms. The third-order valence-electron chi connectivity index (χ3n) is 4.94. The third-order valence-corrected chi connectivity index (χ3v) is 4.94. The van der Waals surface area contributed by atoms with E-state index in [1.54, 1.807) is 0 Å². The molecular formula is C18H29N3O. The van der Waals surface area contributed by atoms with Crippen LogP contribution >= 0.6 is 0 Å². The first-order chi connectivity index (χ1) is 10.6. The Morgan fingerprint density at radius 2 is 1.73 bits per heavy atom. The Balaban J connectivity index is 1.38. The van der Waals surface area contributed by atoms with Gasteiger partial charge in [0.05, 0.1) is 0 Å². The van der Waals surface area contributed by atoms with E-state index in [2.05, 4.69) is 59.9 Å². The fourth-order valence-corrected chi connectivity index (χ4v) is 3.23. The van der Waals surface area contributed by atoms with E-state index >= 15 is 0 Å². The standard InChI is InChI=1S/C18H29N3O/c1-15-4-6-17(7-5-15)22-18-13-21(14-18)16(2)12-20-10-8-19(3)9-11-20/h4-7,16,18H,8-14H2,1-3H3/t16-/m1/s1. The van der Waals surface area contributed by atoms with Crippen molar-refractivity contribution in [1.29, 1.82) is 0 Å². The van der Waals surface area contributed by atoms with Crippen molar-refractivity contribution in [2.45, 2.75) is 26.0 Å². The van der Waals surface area contributed by atoms with Crippen LogP contribution in [-0.2, 0) is 0 Å². The quantitative estimate of drug-likeness (QED) is 0.824. The van der Waals surface area contributed by atoms with Crippen molar-refractivity contribution < 1.29 is 4.74 Å². The molecule has 2 saturated heterocycles. The topological polar surface area (TPSA) is 19.0 Å². The van der Waals surface area contributed by atoms with E-state index in [1.165, 1.54) is 38.3 Å². The summed E-state index contributed by atoms with van der Waals surface area (Å²) in [7, 11) is 2.21. The van der Waals surface area contributed by atoms with E-state index < -0.39 is 0 Å². The van der Waals surface area contributed by atoms with Crippen molar-refractivity contribution >= 4 is 0 Å². The molecule has 0 radical (unpaired) electrons. The molecule has 4 nitrogen and oxygen atoms in total. The molecule has 2 aliphatic heterocycles. The van der Waals surface area contributed by atoms with Crippen LogP contribution in [0.25, 0.3) is 0 Å². The molecule has 0 N–H and O–H groups in total. The van der Waals surface area contributed by atoms with Crippen LogP contribution in [-0.4, -0.2) is 79.7 Å². The average molecular weight is 303 g/mol. The summed E-state index contributed by atoms with van der Waals surface area (Å²) in [5, 5.41) is 0. The van der Waals surface area contributed by atoms with E-state index in [1.807, 2.05) is 0 Å². The lowest BCUT2D eigenvalue weighted by molar-refractivity contribution is -0.0164. The van der Waals surface area contributed by atoms with Crippen molar-refractivity contribution in [3.05, 3.63) is 29.8 Å². The van der Waals surface area contributed by atoms with Gasteiger partial charge in [-0.15, -0.1) is 0 Å². The Kier molecular flexibility index (Phi) is 5.01. The molecular weight excluding hydrogens is 274 g/mol. The first-order valence-electron chi connectivity index (χ1n) is 8.48. The normalized spacial score (nSPS) is 23.2. The molecule has 1 aromatic rings. The number of likely N-dealkylation sites (tertiary alicyclic amines) is 1. The highest BCUT2D eigenvalue weighted by atomic mass is 16.5. The molecule has 0 saturated carbocycles. The first-order valence-corrected chi connectivity index (χ1v) is 8.48. The predicted octanol–water partition coefficient (Wildman–Crippen LogP) is 1.69. The highest BCUT2D eigenvalue weighted by Gasteiger charge is 2.32. The SMILES string of the molecule is Cc1ccc(OC2CN([C@H](C)CN3CCN(C)CC3)C2)cc1. The lowest BCUT2D eigenvalue weighted by atomic mass is 10.1. The maximum Gasteiger partial charge on any atom is 0.124 e. The van der Waals surface area contributed by atoms with Gasteiger partial charge < -0.3 is 9.64 Å². The molecule has 0 spiro atoms. The molecule has 1 aromatic carbocycles. The van der Waals surface area contributed by atoms with Gasteiger partial charge in [-0.2, -0.15) is 0 Å². The molecule has 2 heterocycles. The molecule has 2 fully saturated rings. The average Bonchev–Trinajstić information content (AvgIpc) is 2.46. The maximum atomic E-state index is 6.03. The highest BCUT2D eigenvalue weighted by Crippen LogP contribution is 2.20. The van der Waals surface area contributed by atoms with Crippen LogP contribution < -0.4 is 4.74 Å². The molecule has 0 aliphatic carbocycles. The van der Waals surface area contributed by atoms with Gasteiger partial charge in [0.25, 0.3) is 0 Å². The molecule has 3 rings (SSSR count). The molecule has 1 atom stereocenters. The maximum absolute atomic E-state index is 6.03. The third kappa shape index (κ3) is 4.00. The second-order valence-electron chi connectivity index (χ2n) is 6.96. The minimum absolute atomic E-state index is 0.359. The monoisotopic (exact) mass is 303 g/mol. The number of ether oxygens (including phenoxy) is 1. The number of benzene rings is 1. The van der Waals surface area contributed by atoms with Gasteiger partial charge in [0, 0.05) is 51.9 Å². The van der Waals surface area contributed by atoms with Crippen LogP contribution in [0, 0.1) is 6.92 Å². The number of hydrogen-bond acceptors (Lipinski definition) is 4. The van der Waals surface area contributed by atoms with Gasteiger partial charge >= 0.3 is 0 Å². The fourth-order valence-electron chi connectivity index (χ4n) is 3.23. The summed E-state index contributed by atoms with van der Waals surface area (Å²) in [6.07, 6.45) is 0.359. The molecule has 0 amide bonds. The number of piperazine rings is 1. The molecule has 4 heteroatoms. The Morgan fingerprint density at radius 3 is 2.36 bits per heavy atom. The van der Waals surface area contributed by atoms with Gasteiger partial charge in [0.1, 0.15) is 11.9 Å². The summed E-state index contributed by atoms with van der Waals surface area (Å²) >= 11 is 0. The lowest BCUT2D eigenvalue weighted by Gasteiger charge is -2.45. The predicted molar refractivity (Wildman–Crippen MR) is 90.6 cm³/mol. The van der Waals surface area contributed by atoms with Gasteiger partial charge in [-0.3, -0.25) is 9.80 Å². The van der Waals surface area contributed by atoms with Crippen molar-refractivity contribution in [3.63, 3.8) is 0 Å². The van der Waals surface area contributed by atoms with Crippen LogP contribution in [0.15, 0.2) is 24.3 Å². The fraction of sp³-hybridized carbons (Fsp3) is 0.667. The number of likely N-dealkylation sites (N-methyl/N-ethyl adjacent to an activating group) is 1.